The lowest BCUT2D eigenvalue weighted by Crippen LogP contribution is -2.15. The van der Waals surface area contributed by atoms with Crippen molar-refractivity contribution < 1.29 is 5.11 Å². The minimum absolute atomic E-state index is 0. The predicted octanol–water partition coefficient (Wildman–Crippen LogP) is 4.15. The molecule has 1 aromatic carbocycles. The maximum atomic E-state index is 10.6. The van der Waals surface area contributed by atoms with Crippen molar-refractivity contribution >= 4 is 37.2 Å². The van der Waals surface area contributed by atoms with Crippen molar-refractivity contribution in [3.8, 4) is 17.0 Å². The molecule has 2 aromatic rings. The molecule has 4 nitrogen and oxygen atoms in total. The van der Waals surface area contributed by atoms with E-state index >= 15 is 0 Å². The largest absolute Gasteiger partial charge is 0.505 e. The molecule has 0 aliphatic carbocycles. The normalized spacial score (nSPS) is 10.0. The maximum absolute atomic E-state index is 10.6. The van der Waals surface area contributed by atoms with E-state index in [2.05, 4.69) is 16.8 Å². The Morgan fingerprint density at radius 3 is 1.88 bits per heavy atom. The number of nitrogens with zero attached hydrogens (tertiary/aromatic N) is 3. The lowest BCUT2D eigenvalue weighted by molar-refractivity contribution is 0.379. The van der Waals surface area contributed by atoms with Crippen molar-refractivity contribution in [2.24, 2.45) is 0 Å². The molecule has 7 heteroatoms. The topological polar surface area (TPSA) is 39.6 Å². The van der Waals surface area contributed by atoms with Gasteiger partial charge in [-0.3, -0.25) is 0 Å². The van der Waals surface area contributed by atoms with Crippen LogP contribution in [0.15, 0.2) is 30.3 Å². The number of benzene rings is 1. The van der Waals surface area contributed by atoms with Gasteiger partial charge in [-0.25, -0.2) is 4.98 Å². The second-order valence-corrected chi connectivity index (χ2v) is 6.31. The molecule has 2 rings (SSSR count). The van der Waals surface area contributed by atoms with Gasteiger partial charge in [0, 0.05) is 24.2 Å². The van der Waals surface area contributed by atoms with E-state index in [1.54, 1.807) is 0 Å². The van der Waals surface area contributed by atoms with Crippen LogP contribution in [0, 0.1) is 6.92 Å². The first-order chi connectivity index (χ1) is 10.4. The zero-order valence-electron chi connectivity index (χ0n) is 15.3. The molecule has 1 heterocycles. The zero-order valence-corrected chi connectivity index (χ0v) is 17.8. The lowest BCUT2D eigenvalue weighted by Gasteiger charge is -2.17. The number of aromatic hydroxyl groups is 1. The minimum atomic E-state index is 0. The summed E-state index contributed by atoms with van der Waals surface area (Å²) in [6.45, 7) is 3.49. The van der Waals surface area contributed by atoms with Crippen molar-refractivity contribution in [1.82, 2.24) is 14.8 Å². The Balaban J connectivity index is 0. The van der Waals surface area contributed by atoms with Crippen molar-refractivity contribution in [3.63, 3.8) is 0 Å². The quantitative estimate of drug-likeness (QED) is 0.806. The van der Waals surface area contributed by atoms with Gasteiger partial charge in [-0.1, -0.05) is 29.8 Å². The molecule has 0 bridgehead atoms. The highest BCUT2D eigenvalue weighted by Crippen LogP contribution is 2.32. The summed E-state index contributed by atoms with van der Waals surface area (Å²) >= 11 is 0. The molecule has 0 saturated heterocycles. The second kappa shape index (κ2) is 11.6. The van der Waals surface area contributed by atoms with Crippen LogP contribution in [0.25, 0.3) is 11.3 Å². The number of aromatic nitrogens is 1. The first-order valence-electron chi connectivity index (χ1n) is 7.45. The first kappa shape index (κ1) is 26.2. The number of rotatable bonds is 5. The van der Waals surface area contributed by atoms with Gasteiger partial charge in [0.2, 0.25) is 0 Å². The summed E-state index contributed by atoms with van der Waals surface area (Å²) in [6, 6.07) is 10.1. The lowest BCUT2D eigenvalue weighted by atomic mass is 10.0. The van der Waals surface area contributed by atoms with E-state index in [9.17, 15) is 5.11 Å². The van der Waals surface area contributed by atoms with Gasteiger partial charge in [0.1, 0.15) is 11.4 Å². The Morgan fingerprint density at radius 2 is 1.40 bits per heavy atom. The number of aryl methyl sites for hydroxylation is 1. The van der Waals surface area contributed by atoms with Crippen molar-refractivity contribution in [1.29, 1.82) is 0 Å². The molecule has 0 aliphatic heterocycles. The molecule has 0 amide bonds. The Labute approximate surface area is 169 Å². The summed E-state index contributed by atoms with van der Waals surface area (Å²) in [5, 5.41) is 10.6. The van der Waals surface area contributed by atoms with Crippen LogP contribution < -0.4 is 0 Å². The monoisotopic (exact) mass is 407 g/mol. The van der Waals surface area contributed by atoms with Crippen LogP contribution in [0.4, 0.5) is 0 Å². The van der Waals surface area contributed by atoms with E-state index in [0.29, 0.717) is 12.2 Å². The fraction of sp³-hybridized carbons (Fsp3) is 0.389. The summed E-state index contributed by atoms with van der Waals surface area (Å²) in [7, 11) is 8.03. The second-order valence-electron chi connectivity index (χ2n) is 6.31. The van der Waals surface area contributed by atoms with Crippen LogP contribution in [0.1, 0.15) is 16.8 Å². The molecule has 0 unspecified atom stereocenters. The summed E-state index contributed by atoms with van der Waals surface area (Å²) in [5.74, 6) is 0.278. The maximum Gasteiger partial charge on any atom is 0.146 e. The molecule has 0 saturated carbocycles. The summed E-state index contributed by atoms with van der Waals surface area (Å²) in [5.41, 5.74) is 4.68. The van der Waals surface area contributed by atoms with E-state index in [1.807, 2.05) is 63.4 Å². The number of hydrogen-bond donors (Lipinski definition) is 1. The van der Waals surface area contributed by atoms with Crippen molar-refractivity contribution in [2.75, 3.05) is 28.2 Å². The molecule has 0 spiro atoms. The average Bonchev–Trinajstić information content (AvgIpc) is 2.42. The zero-order chi connectivity index (χ0) is 16.3. The predicted molar refractivity (Wildman–Crippen MR) is 113 cm³/mol. The Kier molecular flexibility index (Phi) is 12.1. The smallest absolute Gasteiger partial charge is 0.146 e. The van der Waals surface area contributed by atoms with Crippen molar-refractivity contribution in [2.45, 2.75) is 20.0 Å². The van der Waals surface area contributed by atoms with Crippen molar-refractivity contribution in [3.05, 3.63) is 47.2 Å². The molecule has 0 atom stereocenters. The molecule has 142 valence electrons. The van der Waals surface area contributed by atoms with Gasteiger partial charge in [0.15, 0.2) is 0 Å². The number of hydrogen-bond acceptors (Lipinski definition) is 4. The third-order valence-electron chi connectivity index (χ3n) is 3.41. The molecule has 0 aliphatic rings. The molecule has 1 aromatic heterocycles. The molecule has 0 radical (unpaired) electrons. The van der Waals surface area contributed by atoms with Gasteiger partial charge in [0.25, 0.3) is 0 Å². The van der Waals surface area contributed by atoms with Crippen LogP contribution in [0.2, 0.25) is 0 Å². The Hall–Kier alpha value is -1.04. The number of halogens is 3. The van der Waals surface area contributed by atoms with Crippen LogP contribution in [0.3, 0.4) is 0 Å². The highest BCUT2D eigenvalue weighted by molar-refractivity contribution is 5.86. The van der Waals surface area contributed by atoms with E-state index < -0.39 is 0 Å². The van der Waals surface area contributed by atoms with E-state index in [-0.39, 0.29) is 43.0 Å². The summed E-state index contributed by atoms with van der Waals surface area (Å²) in [6.07, 6.45) is 0. The third-order valence-corrected chi connectivity index (χ3v) is 3.41. The van der Waals surface area contributed by atoms with E-state index in [4.69, 9.17) is 0 Å². The van der Waals surface area contributed by atoms with E-state index in [1.165, 1.54) is 5.56 Å². The van der Waals surface area contributed by atoms with Gasteiger partial charge < -0.3 is 14.9 Å². The van der Waals surface area contributed by atoms with Gasteiger partial charge in [0.05, 0.1) is 5.69 Å². The van der Waals surface area contributed by atoms with E-state index in [0.717, 1.165) is 23.4 Å². The molecule has 25 heavy (non-hydrogen) atoms. The Bertz CT molecular complexity index is 647. The summed E-state index contributed by atoms with van der Waals surface area (Å²) in [4.78, 5) is 8.80. The van der Waals surface area contributed by atoms with Crippen LogP contribution in [0.5, 0.6) is 5.75 Å². The third kappa shape index (κ3) is 7.38. The van der Waals surface area contributed by atoms with Gasteiger partial charge in [-0.2, -0.15) is 0 Å². The highest BCUT2D eigenvalue weighted by atomic mass is 35.5. The van der Waals surface area contributed by atoms with Gasteiger partial charge >= 0.3 is 0 Å². The average molecular weight is 409 g/mol. The Morgan fingerprint density at radius 1 is 0.880 bits per heavy atom. The van der Waals surface area contributed by atoms with Crippen LogP contribution in [-0.2, 0) is 13.1 Å². The van der Waals surface area contributed by atoms with Gasteiger partial charge in [-0.15, -0.1) is 37.2 Å². The SMILES string of the molecule is Cc1ccc(-c2nc(CN(C)C)cc(CN(C)C)c2O)cc1.Cl.Cl.Cl. The number of pyridine rings is 1. The minimum Gasteiger partial charge on any atom is -0.505 e. The highest BCUT2D eigenvalue weighted by Gasteiger charge is 2.14. The first-order valence-corrected chi connectivity index (χ1v) is 7.45. The fourth-order valence-electron chi connectivity index (χ4n) is 2.43. The molecular formula is C18H28Cl3N3O. The van der Waals surface area contributed by atoms with Crippen LogP contribution in [-0.4, -0.2) is 48.1 Å². The van der Waals surface area contributed by atoms with Gasteiger partial charge in [-0.05, 0) is 41.2 Å². The molecule has 1 N–H and O–H groups in total. The molecule has 0 fully saturated rings. The standard InChI is InChI=1S/C18H25N3O.3ClH/c1-13-6-8-14(9-7-13)17-18(22)15(11-20(2)3)10-16(19-17)12-21(4)5;;;/h6-10,22H,11-12H2,1-5H3;3*1H. The van der Waals surface area contributed by atoms with Crippen LogP contribution >= 0.6 is 37.2 Å². The fourth-order valence-corrected chi connectivity index (χ4v) is 2.43. The molecular weight excluding hydrogens is 381 g/mol. The summed E-state index contributed by atoms with van der Waals surface area (Å²) < 4.78 is 0.